The highest BCUT2D eigenvalue weighted by Gasteiger charge is 2.49. The molecule has 1 aromatic rings. The lowest BCUT2D eigenvalue weighted by atomic mass is 10.2. The van der Waals surface area contributed by atoms with Crippen molar-refractivity contribution in [3.05, 3.63) is 29.8 Å². The van der Waals surface area contributed by atoms with Crippen LogP contribution in [0.2, 0.25) is 0 Å². The van der Waals surface area contributed by atoms with Crippen molar-refractivity contribution in [1.82, 2.24) is 9.80 Å². The van der Waals surface area contributed by atoms with Gasteiger partial charge in [0.2, 0.25) is 11.8 Å². The predicted molar refractivity (Wildman–Crippen MR) is 90.1 cm³/mol. The second-order valence-electron chi connectivity index (χ2n) is 6.57. The molecule has 2 unspecified atom stereocenters. The number of carbonyl (C=O) groups excluding carboxylic acids is 2. The van der Waals surface area contributed by atoms with Gasteiger partial charge in [-0.15, -0.1) is 0 Å². The van der Waals surface area contributed by atoms with Gasteiger partial charge in [0.1, 0.15) is 0 Å². The molecule has 1 aromatic carbocycles. The first kappa shape index (κ1) is 16.0. The first-order valence-corrected chi connectivity index (χ1v) is 8.47. The van der Waals surface area contributed by atoms with Gasteiger partial charge in [-0.05, 0) is 37.6 Å². The van der Waals surface area contributed by atoms with Crippen LogP contribution < -0.4 is 5.32 Å². The normalized spacial score (nSPS) is 24.3. The molecule has 124 valence electrons. The summed E-state index contributed by atoms with van der Waals surface area (Å²) in [4.78, 5) is 29.1. The third-order valence-corrected chi connectivity index (χ3v) is 4.86. The molecule has 0 radical (unpaired) electrons. The minimum Gasteiger partial charge on any atom is -0.340 e. The third-order valence-electron chi connectivity index (χ3n) is 4.86. The molecule has 0 spiro atoms. The van der Waals surface area contributed by atoms with E-state index in [1.807, 2.05) is 36.1 Å². The summed E-state index contributed by atoms with van der Waals surface area (Å²) in [6.07, 6.45) is 0.685. The fraction of sp³-hybridized carbons (Fsp3) is 0.556. The van der Waals surface area contributed by atoms with Crippen molar-refractivity contribution in [2.45, 2.75) is 20.3 Å². The number of anilines is 1. The molecule has 2 aliphatic rings. The lowest BCUT2D eigenvalue weighted by Crippen LogP contribution is -2.49. The maximum absolute atomic E-state index is 12.5. The average molecular weight is 315 g/mol. The molecule has 5 heteroatoms. The van der Waals surface area contributed by atoms with E-state index in [0.717, 1.165) is 44.0 Å². The van der Waals surface area contributed by atoms with Crippen LogP contribution in [0.1, 0.15) is 18.9 Å². The van der Waals surface area contributed by atoms with Crippen LogP contribution in [0, 0.1) is 18.8 Å². The topological polar surface area (TPSA) is 52.7 Å². The van der Waals surface area contributed by atoms with E-state index in [9.17, 15) is 9.59 Å². The monoisotopic (exact) mass is 315 g/mol. The van der Waals surface area contributed by atoms with E-state index >= 15 is 0 Å². The quantitative estimate of drug-likeness (QED) is 0.921. The molecule has 2 fully saturated rings. The number of piperazine rings is 1. The number of amides is 2. The van der Waals surface area contributed by atoms with Crippen LogP contribution in [-0.4, -0.2) is 54.3 Å². The summed E-state index contributed by atoms with van der Waals surface area (Å²) in [6.45, 7) is 8.63. The summed E-state index contributed by atoms with van der Waals surface area (Å²) in [5.74, 6) is -0.147. The number of aryl methyl sites for hydroxylation is 1. The molecular weight excluding hydrogens is 290 g/mol. The minimum atomic E-state index is -0.160. The highest BCUT2D eigenvalue weighted by molar-refractivity contribution is 5.99. The molecular formula is C18H25N3O2. The zero-order valence-corrected chi connectivity index (χ0v) is 13.9. The van der Waals surface area contributed by atoms with Crippen LogP contribution >= 0.6 is 0 Å². The van der Waals surface area contributed by atoms with E-state index in [0.29, 0.717) is 6.42 Å². The molecule has 2 atom stereocenters. The van der Waals surface area contributed by atoms with Gasteiger partial charge in [-0.25, -0.2) is 0 Å². The van der Waals surface area contributed by atoms with Crippen molar-refractivity contribution in [2.75, 3.05) is 38.0 Å². The van der Waals surface area contributed by atoms with Gasteiger partial charge < -0.3 is 15.1 Å². The number of benzene rings is 1. The van der Waals surface area contributed by atoms with Crippen molar-refractivity contribution in [2.24, 2.45) is 11.8 Å². The fourth-order valence-corrected chi connectivity index (χ4v) is 3.23. The van der Waals surface area contributed by atoms with Gasteiger partial charge >= 0.3 is 0 Å². The van der Waals surface area contributed by atoms with Crippen LogP contribution in [0.4, 0.5) is 5.69 Å². The first-order valence-electron chi connectivity index (χ1n) is 8.47. The molecule has 0 aromatic heterocycles. The molecule has 1 saturated carbocycles. The Kier molecular flexibility index (Phi) is 4.66. The van der Waals surface area contributed by atoms with Crippen LogP contribution in [0.5, 0.6) is 0 Å². The second kappa shape index (κ2) is 6.71. The van der Waals surface area contributed by atoms with Gasteiger partial charge in [0.05, 0.1) is 11.8 Å². The lowest BCUT2D eigenvalue weighted by Gasteiger charge is -2.34. The highest BCUT2D eigenvalue weighted by Crippen LogP contribution is 2.41. The van der Waals surface area contributed by atoms with E-state index in [2.05, 4.69) is 17.1 Å². The van der Waals surface area contributed by atoms with Crippen LogP contribution in [0.15, 0.2) is 24.3 Å². The number of hydrogen-bond acceptors (Lipinski definition) is 3. The third kappa shape index (κ3) is 3.72. The molecule has 5 nitrogen and oxygen atoms in total. The van der Waals surface area contributed by atoms with Crippen LogP contribution in [-0.2, 0) is 9.59 Å². The van der Waals surface area contributed by atoms with Crippen LogP contribution in [0.3, 0.4) is 0 Å². The molecule has 1 aliphatic heterocycles. The molecule has 1 aliphatic carbocycles. The number of nitrogens with one attached hydrogen (secondary N) is 1. The average Bonchev–Trinajstić information content (AvgIpc) is 3.35. The van der Waals surface area contributed by atoms with Crippen molar-refractivity contribution in [3.8, 4) is 0 Å². The predicted octanol–water partition coefficient (Wildman–Crippen LogP) is 1.73. The van der Waals surface area contributed by atoms with E-state index in [4.69, 9.17) is 0 Å². The van der Waals surface area contributed by atoms with Gasteiger partial charge in [-0.1, -0.05) is 19.1 Å². The van der Waals surface area contributed by atoms with Crippen molar-refractivity contribution >= 4 is 17.5 Å². The van der Waals surface area contributed by atoms with Crippen molar-refractivity contribution < 1.29 is 9.59 Å². The molecule has 1 N–H and O–H groups in total. The number of likely N-dealkylation sites (N-methyl/N-ethyl adjacent to an activating group) is 1. The minimum absolute atomic E-state index is 0.0267. The lowest BCUT2D eigenvalue weighted by molar-refractivity contribution is -0.135. The maximum atomic E-state index is 12.5. The van der Waals surface area contributed by atoms with Crippen molar-refractivity contribution in [1.29, 1.82) is 0 Å². The zero-order valence-electron chi connectivity index (χ0n) is 13.9. The molecule has 2 amide bonds. The van der Waals surface area contributed by atoms with Gasteiger partial charge in [0.25, 0.3) is 0 Å². The van der Waals surface area contributed by atoms with E-state index in [-0.39, 0.29) is 23.7 Å². The molecule has 23 heavy (non-hydrogen) atoms. The standard InChI is InChI=1S/C18H25N3O2/c1-3-20-7-9-21(10-8-20)18(23)16-12-15(16)17(22)19-14-6-4-5-13(2)11-14/h4-6,11,15-16H,3,7-10,12H2,1-2H3,(H,19,22). The Hall–Kier alpha value is -1.88. The van der Waals surface area contributed by atoms with Crippen molar-refractivity contribution in [3.63, 3.8) is 0 Å². The zero-order chi connectivity index (χ0) is 16.4. The van der Waals surface area contributed by atoms with Gasteiger partial charge in [0.15, 0.2) is 0 Å². The summed E-state index contributed by atoms with van der Waals surface area (Å²) in [7, 11) is 0. The Bertz CT molecular complexity index is 594. The van der Waals surface area contributed by atoms with E-state index in [1.54, 1.807) is 0 Å². The highest BCUT2D eigenvalue weighted by atomic mass is 16.2. The number of rotatable bonds is 4. The number of carbonyl (C=O) groups is 2. The largest absolute Gasteiger partial charge is 0.340 e. The Morgan fingerprint density at radius 3 is 2.57 bits per heavy atom. The molecule has 1 saturated heterocycles. The Morgan fingerprint density at radius 1 is 1.17 bits per heavy atom. The van der Waals surface area contributed by atoms with E-state index in [1.165, 1.54) is 0 Å². The number of hydrogen-bond donors (Lipinski definition) is 1. The van der Waals surface area contributed by atoms with Gasteiger partial charge in [-0.3, -0.25) is 9.59 Å². The Balaban J connectivity index is 1.50. The summed E-state index contributed by atoms with van der Waals surface area (Å²) in [5.41, 5.74) is 1.92. The SMILES string of the molecule is CCN1CCN(C(=O)C2CC2C(=O)Nc2cccc(C)c2)CC1. The Morgan fingerprint density at radius 2 is 1.91 bits per heavy atom. The van der Waals surface area contributed by atoms with Gasteiger partial charge in [-0.2, -0.15) is 0 Å². The smallest absolute Gasteiger partial charge is 0.228 e. The number of nitrogens with zero attached hydrogens (tertiary/aromatic N) is 2. The molecule has 1 heterocycles. The van der Waals surface area contributed by atoms with Crippen LogP contribution in [0.25, 0.3) is 0 Å². The maximum Gasteiger partial charge on any atom is 0.228 e. The molecule has 3 rings (SSSR count). The summed E-state index contributed by atoms with van der Waals surface area (Å²) >= 11 is 0. The summed E-state index contributed by atoms with van der Waals surface area (Å²) in [5, 5.41) is 2.93. The summed E-state index contributed by atoms with van der Waals surface area (Å²) in [6, 6.07) is 7.75. The van der Waals surface area contributed by atoms with E-state index < -0.39 is 0 Å². The molecule has 0 bridgehead atoms. The Labute approximate surface area is 137 Å². The first-order chi connectivity index (χ1) is 11.1. The second-order valence-corrected chi connectivity index (χ2v) is 6.57. The summed E-state index contributed by atoms with van der Waals surface area (Å²) < 4.78 is 0. The van der Waals surface area contributed by atoms with Gasteiger partial charge in [0, 0.05) is 31.9 Å². The fourth-order valence-electron chi connectivity index (χ4n) is 3.23.